The summed E-state index contributed by atoms with van der Waals surface area (Å²) < 4.78 is 33.1. The molecule has 0 amide bonds. The van der Waals surface area contributed by atoms with Crippen LogP contribution in [0.2, 0.25) is 0 Å². The number of benzene rings is 2. The highest BCUT2D eigenvalue weighted by Crippen LogP contribution is 2.20. The van der Waals surface area contributed by atoms with Crippen LogP contribution in [0.25, 0.3) is 5.57 Å². The van der Waals surface area contributed by atoms with Crippen LogP contribution in [0.5, 0.6) is 0 Å². The van der Waals surface area contributed by atoms with E-state index in [0.717, 1.165) is 17.2 Å². The second-order valence-electron chi connectivity index (χ2n) is 7.22. The summed E-state index contributed by atoms with van der Waals surface area (Å²) in [7, 11) is 1.60. The fraction of sp³-hybridized carbons (Fsp3) is 0.200. The summed E-state index contributed by atoms with van der Waals surface area (Å²) in [4.78, 5) is 4.47. The molecule has 0 aromatic heterocycles. The average Bonchev–Trinajstić information content (AvgIpc) is 2.75. The van der Waals surface area contributed by atoms with Gasteiger partial charge in [-0.2, -0.15) is 5.10 Å². The third-order valence-electron chi connectivity index (χ3n) is 4.82. The molecule has 1 aliphatic heterocycles. The van der Waals surface area contributed by atoms with Crippen molar-refractivity contribution in [2.45, 2.75) is 20.3 Å². The zero-order valence-corrected chi connectivity index (χ0v) is 17.9. The lowest BCUT2D eigenvalue weighted by molar-refractivity contribution is 0.247. The first-order valence-corrected chi connectivity index (χ1v) is 9.87. The largest absolute Gasteiger partial charge is 0.499 e. The Labute approximate surface area is 181 Å². The van der Waals surface area contributed by atoms with Crippen molar-refractivity contribution in [3.05, 3.63) is 101 Å². The van der Waals surface area contributed by atoms with E-state index in [0.29, 0.717) is 30.1 Å². The molecule has 0 atom stereocenters. The lowest BCUT2D eigenvalue weighted by atomic mass is 10.1. The van der Waals surface area contributed by atoms with Crippen molar-refractivity contribution < 1.29 is 13.5 Å². The molecule has 2 aromatic carbocycles. The van der Waals surface area contributed by atoms with Gasteiger partial charge in [0.1, 0.15) is 5.76 Å². The minimum Gasteiger partial charge on any atom is -0.499 e. The first kappa shape index (κ1) is 22.2. The number of halogens is 2. The lowest BCUT2D eigenvalue weighted by Gasteiger charge is -2.20. The number of nitrogens with zero attached hydrogens (tertiary/aromatic N) is 3. The Hall–Kier alpha value is -3.54. The zero-order chi connectivity index (χ0) is 22.4. The molecule has 6 heteroatoms. The molecule has 1 heterocycles. The van der Waals surface area contributed by atoms with E-state index in [1.807, 2.05) is 37.3 Å². The Kier molecular flexibility index (Phi) is 7.13. The van der Waals surface area contributed by atoms with Crippen molar-refractivity contribution in [3.8, 4) is 0 Å². The fourth-order valence-electron chi connectivity index (χ4n) is 3.09. The van der Waals surface area contributed by atoms with Crippen LogP contribution in [0.15, 0.2) is 82.9 Å². The molecule has 2 aromatic rings. The van der Waals surface area contributed by atoms with Crippen LogP contribution in [0, 0.1) is 18.6 Å². The maximum Gasteiger partial charge on any atom is 0.167 e. The second-order valence-corrected chi connectivity index (χ2v) is 7.22. The van der Waals surface area contributed by atoms with Crippen molar-refractivity contribution in [1.82, 2.24) is 5.01 Å². The number of aliphatic imine (C=N–C) groups is 1. The Morgan fingerprint density at radius 3 is 2.68 bits per heavy atom. The quantitative estimate of drug-likeness (QED) is 0.319. The molecule has 3 rings (SSSR count). The van der Waals surface area contributed by atoms with Gasteiger partial charge in [0, 0.05) is 30.1 Å². The topological polar surface area (TPSA) is 37.2 Å². The number of hydrogen-bond donors (Lipinski definition) is 0. The van der Waals surface area contributed by atoms with Gasteiger partial charge in [-0.15, -0.1) is 0 Å². The van der Waals surface area contributed by atoms with Gasteiger partial charge in [0.15, 0.2) is 11.6 Å². The third-order valence-corrected chi connectivity index (χ3v) is 4.82. The van der Waals surface area contributed by atoms with Crippen LogP contribution < -0.4 is 0 Å². The van der Waals surface area contributed by atoms with E-state index >= 15 is 0 Å². The van der Waals surface area contributed by atoms with E-state index in [1.165, 1.54) is 17.7 Å². The van der Waals surface area contributed by atoms with Gasteiger partial charge in [-0.25, -0.2) is 8.78 Å². The van der Waals surface area contributed by atoms with Crippen LogP contribution >= 0.6 is 0 Å². The molecule has 0 fully saturated rings. The highest BCUT2D eigenvalue weighted by atomic mass is 19.2. The average molecular weight is 421 g/mol. The van der Waals surface area contributed by atoms with Crippen LogP contribution in [0.4, 0.5) is 8.78 Å². The molecular weight excluding hydrogens is 396 g/mol. The minimum absolute atomic E-state index is 0.141. The summed E-state index contributed by atoms with van der Waals surface area (Å²) >= 11 is 0. The van der Waals surface area contributed by atoms with Crippen molar-refractivity contribution >= 4 is 17.5 Å². The van der Waals surface area contributed by atoms with E-state index in [9.17, 15) is 8.78 Å². The summed E-state index contributed by atoms with van der Waals surface area (Å²) in [6.45, 7) is 8.19. The highest BCUT2D eigenvalue weighted by molar-refractivity contribution is 5.99. The Balaban J connectivity index is 1.75. The first-order chi connectivity index (χ1) is 14.9. The van der Waals surface area contributed by atoms with Crippen LogP contribution in [0.3, 0.4) is 0 Å². The van der Waals surface area contributed by atoms with Crippen molar-refractivity contribution in [3.63, 3.8) is 0 Å². The Bertz CT molecular complexity index is 1080. The molecule has 160 valence electrons. The maximum atomic E-state index is 14.0. The lowest BCUT2D eigenvalue weighted by Crippen LogP contribution is -2.18. The number of methoxy groups -OCH3 is 1. The Morgan fingerprint density at radius 2 is 1.97 bits per heavy atom. The predicted molar refractivity (Wildman–Crippen MR) is 122 cm³/mol. The Morgan fingerprint density at radius 1 is 1.23 bits per heavy atom. The number of hydrogen-bond acceptors (Lipinski definition) is 4. The SMILES string of the molecule is C=C(/C=C(/CN1C=C(N=C(C)c2cccc(F)c2F)CC=N1)OC)c1ccc(C)cc1. The smallest absolute Gasteiger partial charge is 0.167 e. The molecule has 0 unspecified atom stereocenters. The van der Waals surface area contributed by atoms with Gasteiger partial charge >= 0.3 is 0 Å². The molecule has 4 nitrogen and oxygen atoms in total. The molecule has 0 saturated heterocycles. The van der Waals surface area contributed by atoms with E-state index < -0.39 is 11.6 Å². The van der Waals surface area contributed by atoms with E-state index in [1.54, 1.807) is 31.5 Å². The van der Waals surface area contributed by atoms with Crippen LogP contribution in [0.1, 0.15) is 30.0 Å². The highest BCUT2D eigenvalue weighted by Gasteiger charge is 2.13. The van der Waals surface area contributed by atoms with Gasteiger partial charge in [0.05, 0.1) is 19.4 Å². The summed E-state index contributed by atoms with van der Waals surface area (Å²) in [5.74, 6) is -1.11. The molecule has 0 aliphatic carbocycles. The van der Waals surface area contributed by atoms with Crippen LogP contribution in [-0.4, -0.2) is 30.6 Å². The third kappa shape index (κ3) is 5.75. The number of allylic oxidation sites excluding steroid dienone is 3. The molecule has 0 radical (unpaired) electrons. The molecular formula is C25H25F2N3O. The van der Waals surface area contributed by atoms with Gasteiger partial charge < -0.3 is 4.74 Å². The maximum absolute atomic E-state index is 14.0. The second kappa shape index (κ2) is 9.98. The minimum atomic E-state index is -0.898. The van der Waals surface area contributed by atoms with Gasteiger partial charge in [0.2, 0.25) is 0 Å². The van der Waals surface area contributed by atoms with Crippen molar-refractivity contribution in [1.29, 1.82) is 0 Å². The van der Waals surface area contributed by atoms with Crippen molar-refractivity contribution in [2.75, 3.05) is 13.7 Å². The van der Waals surface area contributed by atoms with Gasteiger partial charge in [-0.3, -0.25) is 10.0 Å². The summed E-state index contributed by atoms with van der Waals surface area (Å²) in [6, 6.07) is 12.2. The first-order valence-electron chi connectivity index (χ1n) is 9.87. The van der Waals surface area contributed by atoms with E-state index in [2.05, 4.69) is 16.7 Å². The summed E-state index contributed by atoms with van der Waals surface area (Å²) in [5.41, 5.74) is 4.25. The normalized spacial score (nSPS) is 14.5. The molecule has 0 N–H and O–H groups in total. The van der Waals surface area contributed by atoms with E-state index in [4.69, 9.17) is 4.74 Å². The zero-order valence-electron chi connectivity index (χ0n) is 17.9. The molecule has 31 heavy (non-hydrogen) atoms. The molecule has 1 aliphatic rings. The predicted octanol–water partition coefficient (Wildman–Crippen LogP) is 5.86. The molecule has 0 saturated carbocycles. The number of ether oxygens (including phenoxy) is 1. The summed E-state index contributed by atoms with van der Waals surface area (Å²) in [5, 5.41) is 6.04. The van der Waals surface area contributed by atoms with Crippen molar-refractivity contribution in [2.24, 2.45) is 10.1 Å². The number of aryl methyl sites for hydroxylation is 1. The standard InChI is InChI=1S/C25H25F2N3O/c1-17-8-10-20(11-9-17)18(2)14-22(31-4)16-30-15-21(12-13-28-30)29-19(3)23-6-5-7-24(26)25(23)27/h5-11,13-15H,2,12,16H2,1,3-4H3/b22-14-,29-19?. The number of hydrazone groups is 1. The van der Waals surface area contributed by atoms with Gasteiger partial charge in [0.25, 0.3) is 0 Å². The monoisotopic (exact) mass is 421 g/mol. The van der Waals surface area contributed by atoms with Gasteiger partial charge in [-0.1, -0.05) is 42.5 Å². The fourth-order valence-corrected chi connectivity index (χ4v) is 3.09. The summed E-state index contributed by atoms with van der Waals surface area (Å²) in [6.07, 6.45) is 5.85. The molecule has 0 spiro atoms. The molecule has 0 bridgehead atoms. The van der Waals surface area contributed by atoms with E-state index in [-0.39, 0.29) is 5.56 Å². The van der Waals surface area contributed by atoms with Crippen LogP contribution in [-0.2, 0) is 4.74 Å². The number of rotatable bonds is 7. The van der Waals surface area contributed by atoms with Gasteiger partial charge in [-0.05, 0) is 43.2 Å².